The van der Waals surface area contributed by atoms with Crippen molar-refractivity contribution in [2.75, 3.05) is 31.5 Å². The van der Waals surface area contributed by atoms with Crippen LogP contribution < -0.4 is 5.32 Å². The molecule has 0 bridgehead atoms. The maximum absolute atomic E-state index is 13.1. The van der Waals surface area contributed by atoms with Gasteiger partial charge < -0.3 is 5.32 Å². The number of benzene rings is 2. The molecule has 1 amide bonds. The molecular formula is C25H35N3O3S. The second-order valence-corrected chi connectivity index (χ2v) is 10.5. The van der Waals surface area contributed by atoms with Gasteiger partial charge in [-0.1, -0.05) is 45.0 Å². The van der Waals surface area contributed by atoms with Crippen molar-refractivity contribution in [1.29, 1.82) is 0 Å². The second-order valence-electron chi connectivity index (χ2n) is 8.53. The van der Waals surface area contributed by atoms with E-state index < -0.39 is 10.0 Å². The van der Waals surface area contributed by atoms with Gasteiger partial charge in [0, 0.05) is 31.9 Å². The molecule has 1 N–H and O–H groups in total. The molecule has 0 radical (unpaired) electrons. The number of carbonyl (C=O) groups is 1. The molecule has 7 heteroatoms. The molecule has 2 atom stereocenters. The number of aryl methyl sites for hydroxylation is 1. The molecule has 0 spiro atoms. The SMILES string of the molecule is CCc1ccc(NC(=O)[C@H](C)N2CCN(S(=O)(=O)c3ccc([C@H](C)CC)cc3)CC2)cc1. The fourth-order valence-electron chi connectivity index (χ4n) is 3.92. The first-order valence-electron chi connectivity index (χ1n) is 11.5. The molecular weight excluding hydrogens is 422 g/mol. The van der Waals surface area contributed by atoms with Gasteiger partial charge in [0.2, 0.25) is 15.9 Å². The lowest BCUT2D eigenvalue weighted by Crippen LogP contribution is -2.53. The van der Waals surface area contributed by atoms with Crippen LogP contribution in [0.4, 0.5) is 5.69 Å². The van der Waals surface area contributed by atoms with Gasteiger partial charge in [0.25, 0.3) is 0 Å². The molecule has 0 saturated carbocycles. The van der Waals surface area contributed by atoms with Crippen molar-refractivity contribution < 1.29 is 13.2 Å². The zero-order chi connectivity index (χ0) is 23.3. The Morgan fingerprint density at radius 2 is 1.53 bits per heavy atom. The molecule has 1 heterocycles. The summed E-state index contributed by atoms with van der Waals surface area (Å²) in [7, 11) is -3.53. The average molecular weight is 458 g/mol. The molecule has 0 aromatic heterocycles. The number of hydrogen-bond donors (Lipinski definition) is 1. The minimum atomic E-state index is -3.53. The summed E-state index contributed by atoms with van der Waals surface area (Å²) in [4.78, 5) is 15.1. The average Bonchev–Trinajstić information content (AvgIpc) is 2.83. The Morgan fingerprint density at radius 3 is 2.06 bits per heavy atom. The van der Waals surface area contributed by atoms with Gasteiger partial charge in [0.05, 0.1) is 10.9 Å². The van der Waals surface area contributed by atoms with Crippen LogP contribution in [0.25, 0.3) is 0 Å². The normalized spacial score (nSPS) is 17.6. The summed E-state index contributed by atoms with van der Waals surface area (Å²) >= 11 is 0. The van der Waals surface area contributed by atoms with Crippen LogP contribution >= 0.6 is 0 Å². The number of sulfonamides is 1. The Morgan fingerprint density at radius 1 is 0.938 bits per heavy atom. The largest absolute Gasteiger partial charge is 0.325 e. The summed E-state index contributed by atoms with van der Waals surface area (Å²) in [6.45, 7) is 10.0. The molecule has 1 aliphatic heterocycles. The van der Waals surface area contributed by atoms with Gasteiger partial charge in [-0.2, -0.15) is 4.31 Å². The molecule has 1 aliphatic rings. The molecule has 2 aromatic rings. The molecule has 0 aliphatic carbocycles. The van der Waals surface area contributed by atoms with Crippen LogP contribution in [0.3, 0.4) is 0 Å². The first kappa shape index (κ1) is 24.4. The molecule has 2 aromatic carbocycles. The molecule has 174 valence electrons. The highest BCUT2D eigenvalue weighted by molar-refractivity contribution is 7.89. The number of carbonyl (C=O) groups excluding carboxylic acids is 1. The number of rotatable bonds is 8. The number of piperazine rings is 1. The van der Waals surface area contributed by atoms with E-state index in [0.29, 0.717) is 37.0 Å². The minimum Gasteiger partial charge on any atom is -0.325 e. The van der Waals surface area contributed by atoms with Gasteiger partial charge in [-0.3, -0.25) is 9.69 Å². The predicted octanol–water partition coefficient (Wildman–Crippen LogP) is 4.10. The first-order chi connectivity index (χ1) is 15.3. The van der Waals surface area contributed by atoms with Crippen molar-refractivity contribution in [3.63, 3.8) is 0 Å². The van der Waals surface area contributed by atoms with E-state index in [2.05, 4.69) is 26.1 Å². The van der Waals surface area contributed by atoms with Gasteiger partial charge in [0.1, 0.15) is 0 Å². The van der Waals surface area contributed by atoms with E-state index in [1.54, 1.807) is 12.1 Å². The van der Waals surface area contributed by atoms with E-state index in [0.717, 1.165) is 24.1 Å². The summed E-state index contributed by atoms with van der Waals surface area (Å²) in [5.74, 6) is 0.332. The van der Waals surface area contributed by atoms with E-state index in [-0.39, 0.29) is 11.9 Å². The van der Waals surface area contributed by atoms with Crippen molar-refractivity contribution in [2.45, 2.75) is 57.4 Å². The van der Waals surface area contributed by atoms with Crippen molar-refractivity contribution in [3.05, 3.63) is 59.7 Å². The van der Waals surface area contributed by atoms with Gasteiger partial charge >= 0.3 is 0 Å². The maximum atomic E-state index is 13.1. The van der Waals surface area contributed by atoms with Crippen LogP contribution in [-0.2, 0) is 21.2 Å². The molecule has 1 fully saturated rings. The number of anilines is 1. The molecule has 6 nitrogen and oxygen atoms in total. The van der Waals surface area contributed by atoms with Gasteiger partial charge in [-0.25, -0.2) is 8.42 Å². The lowest BCUT2D eigenvalue weighted by atomic mass is 9.99. The van der Waals surface area contributed by atoms with E-state index >= 15 is 0 Å². The van der Waals surface area contributed by atoms with Crippen molar-refractivity contribution in [2.24, 2.45) is 0 Å². The molecule has 3 rings (SSSR count). The van der Waals surface area contributed by atoms with E-state index in [1.807, 2.05) is 48.2 Å². The summed E-state index contributed by atoms with van der Waals surface area (Å²) in [5.41, 5.74) is 3.16. The van der Waals surface area contributed by atoms with Crippen LogP contribution in [0, 0.1) is 0 Å². The molecule has 1 saturated heterocycles. The van der Waals surface area contributed by atoms with Gasteiger partial charge in [0.15, 0.2) is 0 Å². The second kappa shape index (κ2) is 10.6. The van der Waals surface area contributed by atoms with Crippen LogP contribution in [0.15, 0.2) is 53.4 Å². The third kappa shape index (κ3) is 5.57. The van der Waals surface area contributed by atoms with Crippen molar-refractivity contribution in [1.82, 2.24) is 9.21 Å². The third-order valence-corrected chi connectivity index (χ3v) is 8.44. The minimum absolute atomic E-state index is 0.0776. The Kier molecular flexibility index (Phi) is 8.09. The Bertz CT molecular complexity index is 996. The summed E-state index contributed by atoms with van der Waals surface area (Å²) < 4.78 is 27.7. The van der Waals surface area contributed by atoms with Crippen molar-refractivity contribution in [3.8, 4) is 0 Å². The van der Waals surface area contributed by atoms with Crippen LogP contribution in [0.1, 0.15) is 51.2 Å². The third-order valence-electron chi connectivity index (χ3n) is 6.53. The number of nitrogens with zero attached hydrogens (tertiary/aromatic N) is 2. The number of hydrogen-bond acceptors (Lipinski definition) is 4. The Balaban J connectivity index is 1.57. The zero-order valence-corrected chi connectivity index (χ0v) is 20.4. The van der Waals surface area contributed by atoms with E-state index in [1.165, 1.54) is 9.87 Å². The van der Waals surface area contributed by atoms with Gasteiger partial charge in [-0.15, -0.1) is 0 Å². The predicted molar refractivity (Wildman–Crippen MR) is 129 cm³/mol. The fraction of sp³-hybridized carbons (Fsp3) is 0.480. The highest BCUT2D eigenvalue weighted by atomic mass is 32.2. The quantitative estimate of drug-likeness (QED) is 0.648. The standard InChI is InChI=1S/C25H35N3O3S/c1-5-19(3)22-9-13-24(14-10-22)32(30,31)28-17-15-27(16-18-28)20(4)25(29)26-23-11-7-21(6-2)8-12-23/h7-14,19-20H,5-6,15-18H2,1-4H3,(H,26,29)/t19-,20+/m1/s1. The smallest absolute Gasteiger partial charge is 0.243 e. The topological polar surface area (TPSA) is 69.7 Å². The summed E-state index contributed by atoms with van der Waals surface area (Å²) in [5, 5.41) is 2.96. The summed E-state index contributed by atoms with van der Waals surface area (Å²) in [6.07, 6.45) is 1.98. The highest BCUT2D eigenvalue weighted by Gasteiger charge is 2.31. The number of amides is 1. The monoisotopic (exact) mass is 457 g/mol. The van der Waals surface area contributed by atoms with Crippen LogP contribution in [0.2, 0.25) is 0 Å². The Hall–Kier alpha value is -2.22. The molecule has 32 heavy (non-hydrogen) atoms. The summed E-state index contributed by atoms with van der Waals surface area (Å²) in [6, 6.07) is 14.8. The Labute approximate surface area is 192 Å². The lowest BCUT2D eigenvalue weighted by molar-refractivity contribution is -0.121. The maximum Gasteiger partial charge on any atom is 0.243 e. The van der Waals surface area contributed by atoms with Gasteiger partial charge in [-0.05, 0) is 61.1 Å². The highest BCUT2D eigenvalue weighted by Crippen LogP contribution is 2.23. The van der Waals surface area contributed by atoms with E-state index in [9.17, 15) is 13.2 Å². The fourth-order valence-corrected chi connectivity index (χ4v) is 5.34. The first-order valence-corrected chi connectivity index (χ1v) is 12.9. The lowest BCUT2D eigenvalue weighted by Gasteiger charge is -2.36. The van der Waals surface area contributed by atoms with Crippen LogP contribution in [-0.4, -0.2) is 55.8 Å². The zero-order valence-electron chi connectivity index (χ0n) is 19.5. The molecule has 0 unspecified atom stereocenters. The van der Waals surface area contributed by atoms with E-state index in [4.69, 9.17) is 0 Å². The van der Waals surface area contributed by atoms with Crippen LogP contribution in [0.5, 0.6) is 0 Å². The van der Waals surface area contributed by atoms with Crippen molar-refractivity contribution >= 4 is 21.6 Å². The number of nitrogens with one attached hydrogen (secondary N) is 1.